The maximum absolute atomic E-state index is 11.9. The van der Waals surface area contributed by atoms with Crippen molar-refractivity contribution in [3.63, 3.8) is 0 Å². The third kappa shape index (κ3) is 4.58. The van der Waals surface area contributed by atoms with Crippen LogP contribution in [0, 0.1) is 0 Å². The quantitative estimate of drug-likeness (QED) is 0.912. The zero-order chi connectivity index (χ0) is 16.2. The minimum atomic E-state index is -3.20. The van der Waals surface area contributed by atoms with Crippen LogP contribution in [0.4, 0.5) is 0 Å². The average molecular weight is 338 g/mol. The van der Waals surface area contributed by atoms with Crippen molar-refractivity contribution in [2.75, 3.05) is 6.26 Å². The van der Waals surface area contributed by atoms with Crippen LogP contribution in [0.2, 0.25) is 5.02 Å². The Labute approximate surface area is 135 Å². The Morgan fingerprint density at radius 1 is 1.09 bits per heavy atom. The predicted octanol–water partition coefficient (Wildman–Crippen LogP) is 2.60. The molecule has 0 aromatic heterocycles. The van der Waals surface area contributed by atoms with E-state index in [0.717, 1.165) is 17.4 Å². The summed E-state index contributed by atoms with van der Waals surface area (Å²) >= 11 is 6.01. The van der Waals surface area contributed by atoms with Crippen LogP contribution in [0.15, 0.2) is 53.4 Å². The molecule has 2 rings (SSSR count). The van der Waals surface area contributed by atoms with E-state index in [-0.39, 0.29) is 17.2 Å². The van der Waals surface area contributed by atoms with Gasteiger partial charge in [0, 0.05) is 17.8 Å². The van der Waals surface area contributed by atoms with Crippen LogP contribution in [-0.4, -0.2) is 20.6 Å². The molecule has 0 bridgehead atoms. The molecule has 6 heteroatoms. The maximum Gasteiger partial charge on any atom is 0.224 e. The average Bonchev–Trinajstić information content (AvgIpc) is 2.47. The molecule has 2 aromatic carbocycles. The number of sulfone groups is 1. The number of carbonyl (C=O) groups excluding carboxylic acids is 1. The lowest BCUT2D eigenvalue weighted by molar-refractivity contribution is -0.120. The van der Waals surface area contributed by atoms with E-state index >= 15 is 0 Å². The molecule has 0 aliphatic heterocycles. The summed E-state index contributed by atoms with van der Waals surface area (Å²) < 4.78 is 22.7. The number of nitrogens with one attached hydrogen (secondary N) is 1. The fraction of sp³-hybridized carbons (Fsp3) is 0.188. The highest BCUT2D eigenvalue weighted by atomic mass is 35.5. The van der Waals surface area contributed by atoms with E-state index in [1.54, 1.807) is 18.2 Å². The number of halogens is 1. The van der Waals surface area contributed by atoms with E-state index in [4.69, 9.17) is 11.6 Å². The Kier molecular flexibility index (Phi) is 5.21. The van der Waals surface area contributed by atoms with Crippen LogP contribution in [0.1, 0.15) is 11.1 Å². The molecule has 0 radical (unpaired) electrons. The molecule has 0 aliphatic rings. The summed E-state index contributed by atoms with van der Waals surface area (Å²) in [5.41, 5.74) is 1.61. The summed E-state index contributed by atoms with van der Waals surface area (Å²) in [6, 6.07) is 13.6. The third-order valence-corrected chi connectivity index (χ3v) is 4.65. The summed E-state index contributed by atoms with van der Waals surface area (Å²) in [4.78, 5) is 12.2. The fourth-order valence-electron chi connectivity index (χ4n) is 1.93. The van der Waals surface area contributed by atoms with Crippen LogP contribution in [0.5, 0.6) is 0 Å². The van der Waals surface area contributed by atoms with Crippen molar-refractivity contribution < 1.29 is 13.2 Å². The molecule has 0 saturated heterocycles. The topological polar surface area (TPSA) is 63.2 Å². The first kappa shape index (κ1) is 16.5. The maximum atomic E-state index is 11.9. The lowest BCUT2D eigenvalue weighted by Gasteiger charge is -2.07. The van der Waals surface area contributed by atoms with Crippen LogP contribution >= 0.6 is 11.6 Å². The third-order valence-electron chi connectivity index (χ3n) is 3.15. The highest BCUT2D eigenvalue weighted by molar-refractivity contribution is 7.90. The molecule has 1 N–H and O–H groups in total. The van der Waals surface area contributed by atoms with Gasteiger partial charge < -0.3 is 5.32 Å². The van der Waals surface area contributed by atoms with Gasteiger partial charge in [-0.2, -0.15) is 0 Å². The monoisotopic (exact) mass is 337 g/mol. The lowest BCUT2D eigenvalue weighted by atomic mass is 10.1. The molecule has 0 fully saturated rings. The predicted molar refractivity (Wildman–Crippen MR) is 86.6 cm³/mol. The van der Waals surface area contributed by atoms with E-state index in [1.807, 2.05) is 18.2 Å². The molecule has 0 aliphatic carbocycles. The Bertz CT molecular complexity index is 770. The van der Waals surface area contributed by atoms with E-state index in [2.05, 4.69) is 5.32 Å². The van der Waals surface area contributed by atoms with E-state index in [1.165, 1.54) is 12.1 Å². The SMILES string of the molecule is CS(=O)(=O)c1ccc(CNC(=O)Cc2ccccc2Cl)cc1. The van der Waals surface area contributed by atoms with Gasteiger partial charge in [0.05, 0.1) is 11.3 Å². The van der Waals surface area contributed by atoms with Crippen molar-refractivity contribution in [1.82, 2.24) is 5.32 Å². The molecule has 0 atom stereocenters. The van der Waals surface area contributed by atoms with Gasteiger partial charge in [-0.3, -0.25) is 4.79 Å². The fourth-order valence-corrected chi connectivity index (χ4v) is 2.77. The van der Waals surface area contributed by atoms with Gasteiger partial charge in [-0.25, -0.2) is 8.42 Å². The molecule has 0 unspecified atom stereocenters. The number of benzene rings is 2. The van der Waals surface area contributed by atoms with Crippen LogP contribution in [-0.2, 0) is 27.6 Å². The first-order valence-electron chi connectivity index (χ1n) is 6.65. The highest BCUT2D eigenvalue weighted by Gasteiger charge is 2.08. The number of hydrogen-bond acceptors (Lipinski definition) is 3. The molecule has 22 heavy (non-hydrogen) atoms. The zero-order valence-electron chi connectivity index (χ0n) is 12.0. The number of hydrogen-bond donors (Lipinski definition) is 1. The zero-order valence-corrected chi connectivity index (χ0v) is 13.6. The molecular weight excluding hydrogens is 322 g/mol. The second kappa shape index (κ2) is 6.94. The van der Waals surface area contributed by atoms with Gasteiger partial charge in [0.25, 0.3) is 0 Å². The normalized spacial score (nSPS) is 11.2. The molecule has 0 saturated carbocycles. The largest absolute Gasteiger partial charge is 0.352 e. The molecular formula is C16H16ClNO3S. The highest BCUT2D eigenvalue weighted by Crippen LogP contribution is 2.15. The standard InChI is InChI=1S/C16H16ClNO3S/c1-22(20,21)14-8-6-12(7-9-14)11-18-16(19)10-13-4-2-3-5-15(13)17/h2-9H,10-11H2,1H3,(H,18,19). The molecule has 2 aromatic rings. The van der Waals surface area contributed by atoms with Crippen molar-refractivity contribution in [2.45, 2.75) is 17.9 Å². The van der Waals surface area contributed by atoms with Crippen molar-refractivity contribution in [1.29, 1.82) is 0 Å². The molecule has 0 heterocycles. The molecule has 116 valence electrons. The Hall–Kier alpha value is -1.85. The van der Waals surface area contributed by atoms with E-state index in [0.29, 0.717) is 11.6 Å². The Balaban J connectivity index is 1.93. The second-order valence-electron chi connectivity index (χ2n) is 4.96. The van der Waals surface area contributed by atoms with Gasteiger partial charge in [-0.05, 0) is 29.3 Å². The lowest BCUT2D eigenvalue weighted by Crippen LogP contribution is -2.24. The Morgan fingerprint density at radius 3 is 2.32 bits per heavy atom. The number of carbonyl (C=O) groups is 1. The van der Waals surface area contributed by atoms with Gasteiger partial charge in [-0.1, -0.05) is 41.9 Å². The minimum Gasteiger partial charge on any atom is -0.352 e. The number of rotatable bonds is 5. The van der Waals surface area contributed by atoms with E-state index in [9.17, 15) is 13.2 Å². The molecule has 0 spiro atoms. The minimum absolute atomic E-state index is 0.139. The van der Waals surface area contributed by atoms with Crippen LogP contribution in [0.25, 0.3) is 0 Å². The van der Waals surface area contributed by atoms with Crippen molar-refractivity contribution in [3.05, 3.63) is 64.7 Å². The summed E-state index contributed by atoms with van der Waals surface area (Å²) in [5.74, 6) is -0.139. The smallest absolute Gasteiger partial charge is 0.224 e. The van der Waals surface area contributed by atoms with E-state index < -0.39 is 9.84 Å². The van der Waals surface area contributed by atoms with Crippen molar-refractivity contribution in [3.8, 4) is 0 Å². The summed E-state index contributed by atoms with van der Waals surface area (Å²) in [7, 11) is -3.20. The van der Waals surface area contributed by atoms with Gasteiger partial charge >= 0.3 is 0 Å². The first-order valence-corrected chi connectivity index (χ1v) is 8.92. The summed E-state index contributed by atoms with van der Waals surface area (Å²) in [5, 5.41) is 3.35. The Morgan fingerprint density at radius 2 is 1.73 bits per heavy atom. The summed E-state index contributed by atoms with van der Waals surface area (Å²) in [6.45, 7) is 0.341. The molecule has 4 nitrogen and oxygen atoms in total. The van der Waals surface area contributed by atoms with Crippen LogP contribution in [0.3, 0.4) is 0 Å². The van der Waals surface area contributed by atoms with Gasteiger partial charge in [-0.15, -0.1) is 0 Å². The van der Waals surface area contributed by atoms with Gasteiger partial charge in [0.1, 0.15) is 0 Å². The summed E-state index contributed by atoms with van der Waals surface area (Å²) in [6.07, 6.45) is 1.37. The van der Waals surface area contributed by atoms with Gasteiger partial charge in [0.15, 0.2) is 9.84 Å². The van der Waals surface area contributed by atoms with Crippen molar-refractivity contribution >= 4 is 27.3 Å². The second-order valence-corrected chi connectivity index (χ2v) is 7.38. The first-order chi connectivity index (χ1) is 10.4. The van der Waals surface area contributed by atoms with Crippen molar-refractivity contribution in [2.24, 2.45) is 0 Å². The van der Waals surface area contributed by atoms with Gasteiger partial charge in [0.2, 0.25) is 5.91 Å². The number of amides is 1. The molecule has 1 amide bonds. The van der Waals surface area contributed by atoms with Crippen LogP contribution < -0.4 is 5.32 Å².